The third-order valence-electron chi connectivity index (χ3n) is 3.84. The molecule has 0 aromatic heterocycles. The molecular weight excluding hydrogens is 467 g/mol. The van der Waals surface area contributed by atoms with E-state index in [9.17, 15) is 8.78 Å². The van der Waals surface area contributed by atoms with Gasteiger partial charge in [-0.3, -0.25) is 4.99 Å². The third-order valence-corrected chi connectivity index (χ3v) is 3.84. The van der Waals surface area contributed by atoms with Crippen molar-refractivity contribution in [1.29, 1.82) is 0 Å². The summed E-state index contributed by atoms with van der Waals surface area (Å²) < 4.78 is 34.5. The zero-order chi connectivity index (χ0) is 18.9. The lowest BCUT2D eigenvalue weighted by Crippen LogP contribution is -2.36. The van der Waals surface area contributed by atoms with Crippen LogP contribution in [0.25, 0.3) is 0 Å². The van der Waals surface area contributed by atoms with Gasteiger partial charge in [0.15, 0.2) is 17.5 Å². The average Bonchev–Trinajstić information content (AvgIpc) is 2.63. The Bertz CT molecular complexity index is 757. The SMILES string of the molecule is CN=C(NCc1ccc(OC)c(OC(F)F)c1)NCc1ccccc1C.I. The summed E-state index contributed by atoms with van der Waals surface area (Å²) >= 11 is 0. The molecule has 8 heteroatoms. The van der Waals surface area contributed by atoms with E-state index in [4.69, 9.17) is 4.74 Å². The summed E-state index contributed by atoms with van der Waals surface area (Å²) in [5.41, 5.74) is 3.13. The molecule has 148 valence electrons. The molecule has 0 saturated carbocycles. The van der Waals surface area contributed by atoms with Crippen molar-refractivity contribution in [3.63, 3.8) is 0 Å². The van der Waals surface area contributed by atoms with Crippen LogP contribution in [0.3, 0.4) is 0 Å². The van der Waals surface area contributed by atoms with E-state index in [1.165, 1.54) is 24.3 Å². The summed E-state index contributed by atoms with van der Waals surface area (Å²) in [6, 6.07) is 13.0. The first-order chi connectivity index (χ1) is 12.5. The van der Waals surface area contributed by atoms with Crippen molar-refractivity contribution in [3.8, 4) is 11.5 Å². The first-order valence-electron chi connectivity index (χ1n) is 8.14. The topological polar surface area (TPSA) is 54.9 Å². The largest absolute Gasteiger partial charge is 0.493 e. The number of hydrogen-bond acceptors (Lipinski definition) is 3. The van der Waals surface area contributed by atoms with Crippen molar-refractivity contribution >= 4 is 29.9 Å². The summed E-state index contributed by atoms with van der Waals surface area (Å²) in [6.07, 6.45) is 0. The van der Waals surface area contributed by atoms with Crippen molar-refractivity contribution in [2.45, 2.75) is 26.6 Å². The van der Waals surface area contributed by atoms with Gasteiger partial charge in [0, 0.05) is 20.1 Å². The molecule has 2 rings (SSSR count). The number of benzene rings is 2. The van der Waals surface area contributed by atoms with Gasteiger partial charge in [0.05, 0.1) is 7.11 Å². The van der Waals surface area contributed by atoms with Crippen LogP contribution < -0.4 is 20.1 Å². The number of nitrogens with one attached hydrogen (secondary N) is 2. The Morgan fingerprint density at radius 3 is 2.41 bits per heavy atom. The minimum Gasteiger partial charge on any atom is -0.493 e. The van der Waals surface area contributed by atoms with Crippen LogP contribution in [0.15, 0.2) is 47.5 Å². The molecule has 2 N–H and O–H groups in total. The molecule has 2 aromatic rings. The molecule has 2 aromatic carbocycles. The fourth-order valence-corrected chi connectivity index (χ4v) is 2.41. The van der Waals surface area contributed by atoms with Gasteiger partial charge in [0.1, 0.15) is 0 Å². The highest BCUT2D eigenvalue weighted by molar-refractivity contribution is 14.0. The van der Waals surface area contributed by atoms with E-state index in [0.29, 0.717) is 19.0 Å². The predicted octanol–water partition coefficient (Wildman–Crippen LogP) is 4.09. The summed E-state index contributed by atoms with van der Waals surface area (Å²) in [7, 11) is 3.08. The second kappa shape index (κ2) is 11.6. The second-order valence-corrected chi connectivity index (χ2v) is 5.57. The molecule has 0 amide bonds. The number of guanidine groups is 1. The lowest BCUT2D eigenvalue weighted by Gasteiger charge is -2.15. The molecule has 0 spiro atoms. The number of hydrogen-bond donors (Lipinski definition) is 2. The summed E-state index contributed by atoms with van der Waals surface area (Å²) in [5.74, 6) is 0.876. The normalized spacial score (nSPS) is 11.0. The Labute approximate surface area is 175 Å². The minimum absolute atomic E-state index is 0. The molecule has 0 atom stereocenters. The molecule has 5 nitrogen and oxygen atoms in total. The van der Waals surface area contributed by atoms with Gasteiger partial charge in [-0.25, -0.2) is 0 Å². The maximum Gasteiger partial charge on any atom is 0.387 e. The van der Waals surface area contributed by atoms with E-state index in [-0.39, 0.29) is 35.5 Å². The van der Waals surface area contributed by atoms with Crippen molar-refractivity contribution in [1.82, 2.24) is 10.6 Å². The van der Waals surface area contributed by atoms with E-state index < -0.39 is 6.61 Å². The standard InChI is InChI=1S/C19H23F2N3O2.HI/c1-13-6-4-5-7-15(13)12-24-19(22-2)23-11-14-8-9-16(25-3)17(10-14)26-18(20)21;/h4-10,18H,11-12H2,1-3H3,(H2,22,23,24);1H. The highest BCUT2D eigenvalue weighted by Gasteiger charge is 2.11. The van der Waals surface area contributed by atoms with Crippen LogP contribution in [0.5, 0.6) is 11.5 Å². The number of halogens is 3. The maximum atomic E-state index is 12.5. The smallest absolute Gasteiger partial charge is 0.387 e. The van der Waals surface area contributed by atoms with Crippen LogP contribution in [0.2, 0.25) is 0 Å². The molecule has 27 heavy (non-hydrogen) atoms. The number of ether oxygens (including phenoxy) is 2. The van der Waals surface area contributed by atoms with Gasteiger partial charge in [-0.2, -0.15) is 8.78 Å². The fourth-order valence-electron chi connectivity index (χ4n) is 2.41. The molecule has 0 aliphatic carbocycles. The van der Waals surface area contributed by atoms with Crippen LogP contribution >= 0.6 is 24.0 Å². The van der Waals surface area contributed by atoms with Crippen LogP contribution in [0, 0.1) is 6.92 Å². The van der Waals surface area contributed by atoms with Crippen LogP contribution in [-0.4, -0.2) is 26.7 Å². The van der Waals surface area contributed by atoms with Crippen molar-refractivity contribution < 1.29 is 18.3 Å². The van der Waals surface area contributed by atoms with Crippen LogP contribution in [0.4, 0.5) is 8.78 Å². The Morgan fingerprint density at radius 1 is 1.07 bits per heavy atom. The lowest BCUT2D eigenvalue weighted by atomic mass is 10.1. The molecule has 0 radical (unpaired) electrons. The van der Waals surface area contributed by atoms with Crippen molar-refractivity contribution in [2.75, 3.05) is 14.2 Å². The number of rotatable bonds is 7. The van der Waals surface area contributed by atoms with Gasteiger partial charge in [-0.05, 0) is 35.7 Å². The number of nitrogens with zero attached hydrogens (tertiary/aromatic N) is 1. The first kappa shape index (κ1) is 22.9. The van der Waals surface area contributed by atoms with E-state index in [0.717, 1.165) is 5.56 Å². The van der Waals surface area contributed by atoms with Gasteiger partial charge in [0.2, 0.25) is 0 Å². The van der Waals surface area contributed by atoms with Gasteiger partial charge in [-0.1, -0.05) is 30.3 Å². The van der Waals surface area contributed by atoms with Gasteiger partial charge < -0.3 is 20.1 Å². The highest BCUT2D eigenvalue weighted by Crippen LogP contribution is 2.29. The van der Waals surface area contributed by atoms with Gasteiger partial charge >= 0.3 is 6.61 Å². The number of aliphatic imine (C=N–C) groups is 1. The highest BCUT2D eigenvalue weighted by atomic mass is 127. The second-order valence-electron chi connectivity index (χ2n) is 5.57. The number of aryl methyl sites for hydroxylation is 1. The van der Waals surface area contributed by atoms with E-state index >= 15 is 0 Å². The Kier molecular flexibility index (Phi) is 9.84. The zero-order valence-corrected chi connectivity index (χ0v) is 17.8. The molecular formula is C19H24F2IN3O2. The Morgan fingerprint density at radius 2 is 1.78 bits per heavy atom. The average molecular weight is 491 g/mol. The third kappa shape index (κ3) is 7.20. The summed E-state index contributed by atoms with van der Waals surface area (Å²) in [6.45, 7) is 0.177. The Balaban J connectivity index is 0.00000364. The van der Waals surface area contributed by atoms with Crippen molar-refractivity contribution in [3.05, 3.63) is 59.2 Å². The minimum atomic E-state index is -2.91. The monoisotopic (exact) mass is 491 g/mol. The quantitative estimate of drug-likeness (QED) is 0.348. The van der Waals surface area contributed by atoms with Gasteiger partial charge in [0.25, 0.3) is 0 Å². The molecule has 0 saturated heterocycles. The number of alkyl halides is 2. The fraction of sp³-hybridized carbons (Fsp3) is 0.316. The summed E-state index contributed by atoms with van der Waals surface area (Å²) in [4.78, 5) is 4.17. The molecule has 0 heterocycles. The van der Waals surface area contributed by atoms with Crippen LogP contribution in [0.1, 0.15) is 16.7 Å². The maximum absolute atomic E-state index is 12.5. The van der Waals surface area contributed by atoms with E-state index in [1.54, 1.807) is 19.2 Å². The molecule has 0 aliphatic rings. The Hall–Kier alpha value is -2.10. The molecule has 0 aliphatic heterocycles. The zero-order valence-electron chi connectivity index (χ0n) is 15.5. The number of methoxy groups -OCH3 is 1. The predicted molar refractivity (Wildman–Crippen MR) is 113 cm³/mol. The van der Waals surface area contributed by atoms with Crippen LogP contribution in [-0.2, 0) is 13.1 Å². The lowest BCUT2D eigenvalue weighted by molar-refractivity contribution is -0.0512. The summed E-state index contributed by atoms with van der Waals surface area (Å²) in [5, 5.41) is 6.38. The first-order valence-corrected chi connectivity index (χ1v) is 8.14. The molecule has 0 fully saturated rings. The molecule has 0 unspecified atom stereocenters. The van der Waals surface area contributed by atoms with Gasteiger partial charge in [-0.15, -0.1) is 24.0 Å². The van der Waals surface area contributed by atoms with E-state index in [2.05, 4.69) is 33.4 Å². The van der Waals surface area contributed by atoms with Crippen molar-refractivity contribution in [2.24, 2.45) is 4.99 Å². The molecule has 0 bridgehead atoms. The van der Waals surface area contributed by atoms with E-state index in [1.807, 2.05) is 18.2 Å².